The van der Waals surface area contributed by atoms with Gasteiger partial charge in [-0.05, 0) is 20.8 Å². The third-order valence-electron chi connectivity index (χ3n) is 4.22. The number of carbonyl (C=O) groups is 2. The van der Waals surface area contributed by atoms with Crippen molar-refractivity contribution in [2.24, 2.45) is 5.92 Å². The smallest absolute Gasteiger partial charge is 0.306 e. The molecule has 5 atom stereocenters. The lowest BCUT2D eigenvalue weighted by Crippen LogP contribution is -2.53. The Hall–Kier alpha value is -1.18. The third-order valence-corrected chi connectivity index (χ3v) is 4.22. The predicted molar refractivity (Wildman–Crippen MR) is 79.5 cm³/mol. The fourth-order valence-electron chi connectivity index (χ4n) is 3.44. The lowest BCUT2D eigenvalue weighted by molar-refractivity contribution is -0.173. The van der Waals surface area contributed by atoms with Gasteiger partial charge in [0.2, 0.25) is 0 Å². The standard InChI is InChI=1S/C16H26O7/c1-6-20-13(18)7-10-11(19-5)8-12(21-9(2)17)15-14(10)22-16(3,4)23-15/h10-12,14-15H,6-8H2,1-5H3/t10-,11+,12-,14-,15+/m1/s1. The summed E-state index contributed by atoms with van der Waals surface area (Å²) in [6.07, 6.45) is -0.900. The van der Waals surface area contributed by atoms with E-state index in [4.69, 9.17) is 23.7 Å². The first-order valence-electron chi connectivity index (χ1n) is 7.98. The molecule has 23 heavy (non-hydrogen) atoms. The maximum Gasteiger partial charge on any atom is 0.306 e. The minimum Gasteiger partial charge on any atom is -0.466 e. The van der Waals surface area contributed by atoms with Crippen molar-refractivity contribution in [1.82, 2.24) is 0 Å². The molecule has 0 aromatic carbocycles. The number of rotatable bonds is 5. The molecule has 1 aliphatic carbocycles. The van der Waals surface area contributed by atoms with Gasteiger partial charge in [0.25, 0.3) is 0 Å². The van der Waals surface area contributed by atoms with Gasteiger partial charge in [-0.25, -0.2) is 0 Å². The summed E-state index contributed by atoms with van der Waals surface area (Å²) in [5.41, 5.74) is 0. The Labute approximate surface area is 136 Å². The van der Waals surface area contributed by atoms with Gasteiger partial charge in [0, 0.05) is 26.4 Å². The van der Waals surface area contributed by atoms with Crippen LogP contribution in [0.4, 0.5) is 0 Å². The first kappa shape index (κ1) is 18.2. The Kier molecular flexibility index (Phi) is 5.65. The zero-order chi connectivity index (χ0) is 17.2. The maximum atomic E-state index is 11.9. The van der Waals surface area contributed by atoms with Crippen LogP contribution < -0.4 is 0 Å². The molecule has 0 aromatic rings. The van der Waals surface area contributed by atoms with Crippen molar-refractivity contribution in [3.8, 4) is 0 Å². The molecule has 0 bridgehead atoms. The second-order valence-electron chi connectivity index (χ2n) is 6.40. The second-order valence-corrected chi connectivity index (χ2v) is 6.40. The van der Waals surface area contributed by atoms with E-state index in [0.717, 1.165) is 0 Å². The third kappa shape index (κ3) is 4.22. The summed E-state index contributed by atoms with van der Waals surface area (Å²) in [5.74, 6) is -1.68. The first-order valence-corrected chi connectivity index (χ1v) is 7.98. The van der Waals surface area contributed by atoms with Gasteiger partial charge < -0.3 is 23.7 Å². The van der Waals surface area contributed by atoms with E-state index >= 15 is 0 Å². The van der Waals surface area contributed by atoms with Crippen molar-refractivity contribution in [1.29, 1.82) is 0 Å². The second kappa shape index (κ2) is 7.15. The summed E-state index contributed by atoms with van der Waals surface area (Å²) in [6.45, 7) is 7.07. The normalized spacial score (nSPS) is 35.4. The topological polar surface area (TPSA) is 80.3 Å². The number of hydrogen-bond acceptors (Lipinski definition) is 7. The van der Waals surface area contributed by atoms with Crippen LogP contribution in [0.1, 0.15) is 40.5 Å². The van der Waals surface area contributed by atoms with Gasteiger partial charge in [0.15, 0.2) is 5.79 Å². The number of carbonyl (C=O) groups excluding carboxylic acids is 2. The zero-order valence-corrected chi connectivity index (χ0v) is 14.4. The number of methoxy groups -OCH3 is 1. The fourth-order valence-corrected chi connectivity index (χ4v) is 3.44. The average Bonchev–Trinajstić information content (AvgIpc) is 2.77. The van der Waals surface area contributed by atoms with Gasteiger partial charge in [-0.1, -0.05) is 0 Å². The van der Waals surface area contributed by atoms with Crippen LogP contribution in [-0.4, -0.2) is 55.9 Å². The highest BCUT2D eigenvalue weighted by Gasteiger charge is 2.56. The molecular formula is C16H26O7. The number of hydrogen-bond donors (Lipinski definition) is 0. The van der Waals surface area contributed by atoms with Crippen LogP contribution in [0.2, 0.25) is 0 Å². The quantitative estimate of drug-likeness (QED) is 0.705. The van der Waals surface area contributed by atoms with Gasteiger partial charge in [0.1, 0.15) is 12.2 Å². The van der Waals surface area contributed by atoms with Crippen LogP contribution in [0.25, 0.3) is 0 Å². The summed E-state index contributed by atoms with van der Waals surface area (Å²) in [4.78, 5) is 23.3. The molecule has 1 saturated carbocycles. The number of esters is 2. The predicted octanol–water partition coefficient (Wildman–Crippen LogP) is 1.43. The highest BCUT2D eigenvalue weighted by Crippen LogP contribution is 2.43. The van der Waals surface area contributed by atoms with Crippen LogP contribution in [0, 0.1) is 5.92 Å². The summed E-state index contributed by atoms with van der Waals surface area (Å²) in [7, 11) is 1.58. The van der Waals surface area contributed by atoms with Crippen molar-refractivity contribution in [2.45, 2.75) is 70.7 Å². The molecule has 0 N–H and O–H groups in total. The van der Waals surface area contributed by atoms with Crippen LogP contribution in [-0.2, 0) is 33.3 Å². The van der Waals surface area contributed by atoms with E-state index in [1.165, 1.54) is 6.92 Å². The van der Waals surface area contributed by atoms with Crippen molar-refractivity contribution in [2.75, 3.05) is 13.7 Å². The molecule has 0 radical (unpaired) electrons. The van der Waals surface area contributed by atoms with E-state index in [9.17, 15) is 9.59 Å². The van der Waals surface area contributed by atoms with E-state index in [-0.39, 0.29) is 30.4 Å². The van der Waals surface area contributed by atoms with Crippen molar-refractivity contribution < 1.29 is 33.3 Å². The van der Waals surface area contributed by atoms with Crippen LogP contribution in [0.15, 0.2) is 0 Å². The molecule has 1 saturated heterocycles. The van der Waals surface area contributed by atoms with Crippen LogP contribution in [0.5, 0.6) is 0 Å². The fraction of sp³-hybridized carbons (Fsp3) is 0.875. The summed E-state index contributed by atoms with van der Waals surface area (Å²) in [5, 5.41) is 0. The minimum absolute atomic E-state index is 0.180. The minimum atomic E-state index is -0.802. The monoisotopic (exact) mass is 330 g/mol. The zero-order valence-electron chi connectivity index (χ0n) is 14.4. The molecular weight excluding hydrogens is 304 g/mol. The molecule has 2 aliphatic rings. The van der Waals surface area contributed by atoms with E-state index in [1.807, 2.05) is 0 Å². The van der Waals surface area contributed by atoms with Gasteiger partial charge >= 0.3 is 11.9 Å². The van der Waals surface area contributed by atoms with E-state index in [2.05, 4.69) is 0 Å². The molecule has 2 fully saturated rings. The van der Waals surface area contributed by atoms with E-state index < -0.39 is 24.1 Å². The molecule has 0 spiro atoms. The Morgan fingerprint density at radius 3 is 2.39 bits per heavy atom. The highest BCUT2D eigenvalue weighted by atomic mass is 16.8. The Morgan fingerprint density at radius 2 is 1.83 bits per heavy atom. The van der Waals surface area contributed by atoms with Crippen molar-refractivity contribution >= 4 is 11.9 Å². The molecule has 0 amide bonds. The van der Waals surface area contributed by atoms with Gasteiger partial charge in [-0.2, -0.15) is 0 Å². The average molecular weight is 330 g/mol. The van der Waals surface area contributed by atoms with Gasteiger partial charge in [-0.3, -0.25) is 9.59 Å². The van der Waals surface area contributed by atoms with Crippen molar-refractivity contribution in [3.63, 3.8) is 0 Å². The lowest BCUT2D eigenvalue weighted by atomic mass is 9.78. The SMILES string of the molecule is CCOC(=O)C[C@H]1[C@H]2OC(C)(C)O[C@H]2[C@H](OC(C)=O)C[C@@H]1OC. The lowest BCUT2D eigenvalue weighted by Gasteiger charge is -2.40. The molecule has 7 nitrogen and oxygen atoms in total. The molecule has 0 aromatic heterocycles. The van der Waals surface area contributed by atoms with Gasteiger partial charge in [-0.15, -0.1) is 0 Å². The van der Waals surface area contributed by atoms with Crippen molar-refractivity contribution in [3.05, 3.63) is 0 Å². The first-order chi connectivity index (χ1) is 10.8. The highest BCUT2D eigenvalue weighted by molar-refractivity contribution is 5.70. The molecule has 1 aliphatic heterocycles. The molecule has 2 rings (SSSR count). The summed E-state index contributed by atoms with van der Waals surface area (Å²) in [6, 6.07) is 0. The van der Waals surface area contributed by atoms with Crippen LogP contribution in [0.3, 0.4) is 0 Å². The Bertz CT molecular complexity index is 448. The maximum absolute atomic E-state index is 11.9. The number of fused-ring (bicyclic) bond motifs is 1. The molecule has 132 valence electrons. The van der Waals surface area contributed by atoms with Crippen LogP contribution >= 0.6 is 0 Å². The Morgan fingerprint density at radius 1 is 1.17 bits per heavy atom. The number of ether oxygens (including phenoxy) is 5. The molecule has 7 heteroatoms. The van der Waals surface area contributed by atoms with Gasteiger partial charge in [0.05, 0.1) is 25.2 Å². The van der Waals surface area contributed by atoms with E-state index in [0.29, 0.717) is 13.0 Å². The largest absolute Gasteiger partial charge is 0.466 e. The summed E-state index contributed by atoms with van der Waals surface area (Å²) < 4.78 is 27.9. The Balaban J connectivity index is 2.21. The molecule has 1 heterocycles. The molecule has 0 unspecified atom stereocenters. The van der Waals surface area contributed by atoms with E-state index in [1.54, 1.807) is 27.9 Å². The summed E-state index contributed by atoms with van der Waals surface area (Å²) >= 11 is 0.